The highest BCUT2D eigenvalue weighted by molar-refractivity contribution is 6.32. The second-order valence-corrected chi connectivity index (χ2v) is 4.39. The van der Waals surface area contributed by atoms with Crippen molar-refractivity contribution in [3.63, 3.8) is 0 Å². The van der Waals surface area contributed by atoms with Gasteiger partial charge < -0.3 is 14.6 Å². The van der Waals surface area contributed by atoms with Crippen molar-refractivity contribution in [3.8, 4) is 11.5 Å². The fourth-order valence-electron chi connectivity index (χ4n) is 1.72. The van der Waals surface area contributed by atoms with Crippen molar-refractivity contribution in [1.82, 2.24) is 0 Å². The highest BCUT2D eigenvalue weighted by atomic mass is 35.5. The van der Waals surface area contributed by atoms with Crippen molar-refractivity contribution in [2.75, 3.05) is 19.8 Å². The van der Waals surface area contributed by atoms with Gasteiger partial charge >= 0.3 is 0 Å². The molecule has 0 aromatic heterocycles. The van der Waals surface area contributed by atoms with Crippen molar-refractivity contribution >= 4 is 11.6 Å². The van der Waals surface area contributed by atoms with Gasteiger partial charge in [0.05, 0.1) is 11.6 Å². The summed E-state index contributed by atoms with van der Waals surface area (Å²) in [7, 11) is 0. The summed E-state index contributed by atoms with van der Waals surface area (Å²) in [6, 6.07) is 4.72. The number of phenols is 1. The van der Waals surface area contributed by atoms with E-state index in [9.17, 15) is 5.11 Å². The summed E-state index contributed by atoms with van der Waals surface area (Å²) >= 11 is 5.95. The van der Waals surface area contributed by atoms with Crippen LogP contribution in [0.15, 0.2) is 18.2 Å². The lowest BCUT2D eigenvalue weighted by atomic mass is 10.0. The average Bonchev–Trinajstić information content (AvgIpc) is 2.32. The number of aromatic hydroxyl groups is 1. The van der Waals surface area contributed by atoms with E-state index in [1.165, 1.54) is 0 Å². The molecular formula is C12H15ClO3. The molecular weight excluding hydrogens is 228 g/mol. The Hall–Kier alpha value is -0.930. The Bertz CT molecular complexity index is 348. The van der Waals surface area contributed by atoms with Crippen LogP contribution in [0.3, 0.4) is 0 Å². The molecule has 4 heteroatoms. The van der Waals surface area contributed by atoms with E-state index >= 15 is 0 Å². The Morgan fingerprint density at radius 1 is 1.38 bits per heavy atom. The molecule has 1 aliphatic heterocycles. The summed E-state index contributed by atoms with van der Waals surface area (Å²) < 4.78 is 10.9. The first-order chi connectivity index (χ1) is 7.75. The van der Waals surface area contributed by atoms with Crippen molar-refractivity contribution in [2.45, 2.75) is 12.8 Å². The Morgan fingerprint density at radius 3 is 2.88 bits per heavy atom. The molecule has 1 heterocycles. The van der Waals surface area contributed by atoms with E-state index in [1.807, 2.05) is 0 Å². The topological polar surface area (TPSA) is 38.7 Å². The fourth-order valence-corrected chi connectivity index (χ4v) is 1.90. The number of halogens is 1. The Kier molecular flexibility index (Phi) is 3.91. The molecule has 1 N–H and O–H groups in total. The zero-order valence-electron chi connectivity index (χ0n) is 8.99. The van der Waals surface area contributed by atoms with Crippen LogP contribution >= 0.6 is 11.6 Å². The second kappa shape index (κ2) is 5.41. The minimum absolute atomic E-state index is 0.173. The molecule has 0 atom stereocenters. The van der Waals surface area contributed by atoms with Gasteiger partial charge in [-0.15, -0.1) is 0 Å². The van der Waals surface area contributed by atoms with Crippen LogP contribution in [0.1, 0.15) is 12.8 Å². The van der Waals surface area contributed by atoms with Crippen LogP contribution in [-0.4, -0.2) is 24.9 Å². The molecule has 16 heavy (non-hydrogen) atoms. The van der Waals surface area contributed by atoms with Crippen molar-refractivity contribution in [1.29, 1.82) is 0 Å². The molecule has 2 rings (SSSR count). The lowest BCUT2D eigenvalue weighted by Gasteiger charge is -2.22. The van der Waals surface area contributed by atoms with Gasteiger partial charge in [-0.25, -0.2) is 0 Å². The van der Waals surface area contributed by atoms with Gasteiger partial charge in [-0.3, -0.25) is 0 Å². The minimum Gasteiger partial charge on any atom is -0.508 e. The molecule has 1 fully saturated rings. The van der Waals surface area contributed by atoms with Crippen molar-refractivity contribution < 1.29 is 14.6 Å². The fraction of sp³-hybridized carbons (Fsp3) is 0.500. The van der Waals surface area contributed by atoms with Gasteiger partial charge in [0, 0.05) is 19.3 Å². The van der Waals surface area contributed by atoms with Crippen LogP contribution in [0.4, 0.5) is 0 Å². The maximum atomic E-state index is 9.32. The Morgan fingerprint density at radius 2 is 2.12 bits per heavy atom. The first-order valence-corrected chi connectivity index (χ1v) is 5.82. The first-order valence-electron chi connectivity index (χ1n) is 5.45. The zero-order valence-corrected chi connectivity index (χ0v) is 9.74. The number of ether oxygens (including phenoxy) is 2. The third kappa shape index (κ3) is 3.03. The van der Waals surface area contributed by atoms with Crippen LogP contribution in [-0.2, 0) is 4.74 Å². The number of hydrogen-bond acceptors (Lipinski definition) is 3. The molecule has 1 aromatic carbocycles. The van der Waals surface area contributed by atoms with Gasteiger partial charge in [0.15, 0.2) is 0 Å². The summed E-state index contributed by atoms with van der Waals surface area (Å²) in [6.07, 6.45) is 2.05. The number of benzene rings is 1. The normalized spacial score (nSPS) is 17.3. The molecule has 1 saturated heterocycles. The molecule has 0 aliphatic carbocycles. The maximum Gasteiger partial charge on any atom is 0.141 e. The Balaban J connectivity index is 1.90. The van der Waals surface area contributed by atoms with E-state index in [0.717, 1.165) is 26.1 Å². The summed E-state index contributed by atoms with van der Waals surface area (Å²) in [5.74, 6) is 1.24. The molecule has 0 amide bonds. The lowest BCUT2D eigenvalue weighted by Crippen LogP contribution is -2.21. The van der Waals surface area contributed by atoms with E-state index in [1.54, 1.807) is 18.2 Å². The summed E-state index contributed by atoms with van der Waals surface area (Å²) in [6.45, 7) is 2.25. The quantitative estimate of drug-likeness (QED) is 0.886. The number of rotatable bonds is 3. The van der Waals surface area contributed by atoms with Crippen LogP contribution < -0.4 is 4.74 Å². The minimum atomic E-state index is 0.173. The summed E-state index contributed by atoms with van der Waals surface area (Å²) in [5.41, 5.74) is 0. The van der Waals surface area contributed by atoms with Gasteiger partial charge in [0.1, 0.15) is 11.5 Å². The van der Waals surface area contributed by atoms with Crippen molar-refractivity contribution in [3.05, 3.63) is 23.2 Å². The molecule has 1 aliphatic rings. The zero-order chi connectivity index (χ0) is 11.4. The van der Waals surface area contributed by atoms with Gasteiger partial charge in [0.25, 0.3) is 0 Å². The highest BCUT2D eigenvalue weighted by Gasteiger charge is 2.15. The predicted molar refractivity (Wildman–Crippen MR) is 62.2 cm³/mol. The Labute approximate surface area is 99.9 Å². The van der Waals surface area contributed by atoms with Crippen LogP contribution in [0.25, 0.3) is 0 Å². The van der Waals surface area contributed by atoms with E-state index in [-0.39, 0.29) is 5.75 Å². The van der Waals surface area contributed by atoms with Gasteiger partial charge in [-0.05, 0) is 30.9 Å². The van der Waals surface area contributed by atoms with Gasteiger partial charge in [-0.1, -0.05) is 11.6 Å². The van der Waals surface area contributed by atoms with Crippen LogP contribution in [0.2, 0.25) is 5.02 Å². The molecule has 3 nitrogen and oxygen atoms in total. The third-order valence-electron chi connectivity index (χ3n) is 2.73. The SMILES string of the molecule is Oc1ccc(Cl)c(OCC2CCOCC2)c1. The predicted octanol–water partition coefficient (Wildman–Crippen LogP) is 2.85. The van der Waals surface area contributed by atoms with E-state index in [0.29, 0.717) is 23.3 Å². The monoisotopic (exact) mass is 242 g/mol. The maximum absolute atomic E-state index is 9.32. The average molecular weight is 243 g/mol. The van der Waals surface area contributed by atoms with Crippen molar-refractivity contribution in [2.24, 2.45) is 5.92 Å². The summed E-state index contributed by atoms with van der Waals surface area (Å²) in [5, 5.41) is 9.85. The molecule has 0 radical (unpaired) electrons. The number of hydrogen-bond donors (Lipinski definition) is 1. The van der Waals surface area contributed by atoms with Gasteiger partial charge in [0.2, 0.25) is 0 Å². The van der Waals surface area contributed by atoms with Crippen LogP contribution in [0.5, 0.6) is 11.5 Å². The van der Waals surface area contributed by atoms with E-state index < -0.39 is 0 Å². The molecule has 88 valence electrons. The largest absolute Gasteiger partial charge is 0.508 e. The molecule has 0 bridgehead atoms. The highest BCUT2D eigenvalue weighted by Crippen LogP contribution is 2.29. The second-order valence-electron chi connectivity index (χ2n) is 3.98. The number of phenolic OH excluding ortho intramolecular Hbond substituents is 1. The van der Waals surface area contributed by atoms with Crippen LogP contribution in [0, 0.1) is 5.92 Å². The van der Waals surface area contributed by atoms with E-state index in [4.69, 9.17) is 21.1 Å². The third-order valence-corrected chi connectivity index (χ3v) is 3.04. The molecule has 1 aromatic rings. The summed E-state index contributed by atoms with van der Waals surface area (Å²) in [4.78, 5) is 0. The first kappa shape index (κ1) is 11.6. The van der Waals surface area contributed by atoms with E-state index in [2.05, 4.69) is 0 Å². The standard InChI is InChI=1S/C12H15ClO3/c13-11-2-1-10(14)7-12(11)16-8-9-3-5-15-6-4-9/h1-2,7,9,14H,3-6,8H2. The smallest absolute Gasteiger partial charge is 0.141 e. The molecule has 0 saturated carbocycles. The molecule has 0 spiro atoms. The lowest BCUT2D eigenvalue weighted by molar-refractivity contribution is 0.0497. The van der Waals surface area contributed by atoms with Gasteiger partial charge in [-0.2, -0.15) is 0 Å². The molecule has 0 unspecified atom stereocenters.